The van der Waals surface area contributed by atoms with Gasteiger partial charge in [-0.2, -0.15) is 0 Å². The molecule has 1 unspecified atom stereocenters. The summed E-state index contributed by atoms with van der Waals surface area (Å²) in [5.41, 5.74) is 0.994. The molecular formula is C32H49N3O7. The van der Waals surface area contributed by atoms with E-state index < -0.39 is 29.7 Å². The molecule has 1 aromatic carbocycles. The van der Waals surface area contributed by atoms with Crippen molar-refractivity contribution in [3.05, 3.63) is 29.3 Å². The molecule has 0 aliphatic carbocycles. The van der Waals surface area contributed by atoms with Gasteiger partial charge in [-0.15, -0.1) is 0 Å². The minimum atomic E-state index is -0.985. The fourth-order valence-electron chi connectivity index (χ4n) is 5.33. The Morgan fingerprint density at radius 2 is 1.36 bits per heavy atom. The topological polar surface area (TPSA) is 123 Å². The quantitative estimate of drug-likeness (QED) is 0.137. The average Bonchev–Trinajstić information content (AvgIpc) is 3.23. The number of hydrogen-bond acceptors (Lipinski definition) is 8. The lowest BCUT2D eigenvalue weighted by atomic mass is 10.0. The molecule has 1 atom stereocenters. The number of anilines is 1. The van der Waals surface area contributed by atoms with E-state index in [1.807, 2.05) is 0 Å². The van der Waals surface area contributed by atoms with Crippen molar-refractivity contribution >= 4 is 29.3 Å². The lowest BCUT2D eigenvalue weighted by molar-refractivity contribution is -0.136. The van der Waals surface area contributed by atoms with Crippen LogP contribution in [0.4, 0.5) is 5.69 Å². The van der Waals surface area contributed by atoms with Gasteiger partial charge < -0.3 is 19.5 Å². The largest absolute Gasteiger partial charge is 0.382 e. The predicted octanol–water partition coefficient (Wildman–Crippen LogP) is 4.86. The molecule has 1 aromatic rings. The summed E-state index contributed by atoms with van der Waals surface area (Å²) in [6.07, 6.45) is 14.8. The van der Waals surface area contributed by atoms with Crippen LogP contribution in [0.15, 0.2) is 18.2 Å². The average molecular weight is 588 g/mol. The van der Waals surface area contributed by atoms with E-state index in [0.29, 0.717) is 45.3 Å². The van der Waals surface area contributed by atoms with Crippen LogP contribution in [0, 0.1) is 0 Å². The van der Waals surface area contributed by atoms with E-state index >= 15 is 0 Å². The molecule has 0 bridgehead atoms. The van der Waals surface area contributed by atoms with E-state index in [4.69, 9.17) is 14.2 Å². The molecular weight excluding hydrogens is 538 g/mol. The van der Waals surface area contributed by atoms with E-state index in [1.54, 1.807) is 18.2 Å². The van der Waals surface area contributed by atoms with Crippen LogP contribution in [0.3, 0.4) is 0 Å². The molecule has 0 radical (unpaired) electrons. The maximum absolute atomic E-state index is 13.1. The third-order valence-electron chi connectivity index (χ3n) is 7.67. The van der Waals surface area contributed by atoms with Gasteiger partial charge >= 0.3 is 0 Å². The van der Waals surface area contributed by atoms with Gasteiger partial charge in [0.25, 0.3) is 11.8 Å². The van der Waals surface area contributed by atoms with E-state index in [0.717, 1.165) is 17.9 Å². The van der Waals surface area contributed by atoms with Crippen molar-refractivity contribution in [3.63, 3.8) is 0 Å². The first-order valence-electron chi connectivity index (χ1n) is 15.9. The van der Waals surface area contributed by atoms with Gasteiger partial charge in [0.15, 0.2) is 0 Å². The van der Waals surface area contributed by atoms with Crippen LogP contribution in [0.25, 0.3) is 0 Å². The molecule has 234 valence electrons. The number of unbranched alkanes of at least 4 members (excludes halogenated alkanes) is 10. The second kappa shape index (κ2) is 19.4. The number of nitrogens with one attached hydrogen (secondary N) is 2. The number of fused-ring (bicyclic) bond motifs is 1. The lowest BCUT2D eigenvalue weighted by Crippen LogP contribution is -2.54. The Labute approximate surface area is 250 Å². The fourth-order valence-corrected chi connectivity index (χ4v) is 5.33. The first kappa shape index (κ1) is 33.7. The van der Waals surface area contributed by atoms with Gasteiger partial charge in [-0.3, -0.25) is 29.4 Å². The number of amides is 4. The Morgan fingerprint density at radius 3 is 2.00 bits per heavy atom. The van der Waals surface area contributed by atoms with Crippen LogP contribution in [0.2, 0.25) is 0 Å². The highest BCUT2D eigenvalue weighted by Gasteiger charge is 2.45. The normalized spacial score (nSPS) is 16.7. The van der Waals surface area contributed by atoms with Gasteiger partial charge in [-0.05, 0) is 25.0 Å². The molecule has 2 aliphatic heterocycles. The van der Waals surface area contributed by atoms with Crippen molar-refractivity contribution < 1.29 is 33.4 Å². The number of benzene rings is 1. The van der Waals surface area contributed by atoms with E-state index in [9.17, 15) is 19.2 Å². The fraction of sp³-hybridized carbons (Fsp3) is 0.688. The summed E-state index contributed by atoms with van der Waals surface area (Å²) >= 11 is 0. The molecule has 0 spiro atoms. The van der Waals surface area contributed by atoms with Crippen molar-refractivity contribution in [1.82, 2.24) is 10.2 Å². The third-order valence-corrected chi connectivity index (χ3v) is 7.67. The third kappa shape index (κ3) is 10.8. The van der Waals surface area contributed by atoms with Crippen molar-refractivity contribution in [2.24, 2.45) is 0 Å². The Kier molecular flexibility index (Phi) is 15.5. The monoisotopic (exact) mass is 587 g/mol. The second-order valence-electron chi connectivity index (χ2n) is 11.0. The van der Waals surface area contributed by atoms with Crippen LogP contribution < -0.4 is 10.6 Å². The lowest BCUT2D eigenvalue weighted by Gasteiger charge is -2.27. The highest BCUT2D eigenvalue weighted by atomic mass is 16.5. The van der Waals surface area contributed by atoms with Crippen molar-refractivity contribution in [2.45, 2.75) is 96.4 Å². The molecule has 0 aromatic heterocycles. The summed E-state index contributed by atoms with van der Waals surface area (Å²) in [6.45, 7) is 5.89. The Hall–Kier alpha value is -2.82. The van der Waals surface area contributed by atoms with Gasteiger partial charge in [0.2, 0.25) is 11.8 Å². The van der Waals surface area contributed by atoms with Crippen molar-refractivity contribution in [2.75, 3.05) is 51.5 Å². The Morgan fingerprint density at radius 1 is 0.762 bits per heavy atom. The smallest absolute Gasteiger partial charge is 0.264 e. The highest BCUT2D eigenvalue weighted by Crippen LogP contribution is 2.32. The SMILES string of the molecule is CCCCCCCCCCCCCOCCOCCOCCNc1cccc2c1C(=O)N(C1CCC(=O)NC1=O)C2=O. The van der Waals surface area contributed by atoms with Crippen molar-refractivity contribution in [1.29, 1.82) is 0 Å². The number of carbonyl (C=O) groups excluding carboxylic acids is 4. The number of carbonyl (C=O) groups is 4. The second-order valence-corrected chi connectivity index (χ2v) is 11.0. The predicted molar refractivity (Wildman–Crippen MR) is 161 cm³/mol. The summed E-state index contributed by atoms with van der Waals surface area (Å²) in [5.74, 6) is -2.08. The zero-order chi connectivity index (χ0) is 30.0. The molecule has 10 nitrogen and oxygen atoms in total. The zero-order valence-electron chi connectivity index (χ0n) is 25.3. The number of imide groups is 2. The Bertz CT molecular complexity index is 1020. The summed E-state index contributed by atoms with van der Waals surface area (Å²) in [5, 5.41) is 5.36. The maximum atomic E-state index is 13.1. The van der Waals surface area contributed by atoms with Crippen LogP contribution in [0.1, 0.15) is 111 Å². The first-order valence-corrected chi connectivity index (χ1v) is 15.9. The standard InChI is InChI=1S/C32H49N3O7/c1-2-3-4-5-6-7-8-9-10-11-12-19-40-21-23-42-24-22-41-20-18-33-26-15-13-14-25-29(26)32(39)35(31(25)38)27-16-17-28(36)34-30(27)37/h13-15,27,33H,2-12,16-24H2,1H3,(H,34,36,37). The zero-order valence-corrected chi connectivity index (χ0v) is 25.3. The summed E-state index contributed by atoms with van der Waals surface area (Å²) < 4.78 is 16.8. The molecule has 2 N–H and O–H groups in total. The van der Waals surface area contributed by atoms with Crippen LogP contribution in [-0.2, 0) is 23.8 Å². The molecule has 1 fully saturated rings. The van der Waals surface area contributed by atoms with E-state index in [1.165, 1.54) is 64.2 Å². The van der Waals surface area contributed by atoms with Gasteiger partial charge in [-0.25, -0.2) is 0 Å². The minimum Gasteiger partial charge on any atom is -0.382 e. The summed E-state index contributed by atoms with van der Waals surface area (Å²) in [4.78, 5) is 50.7. The summed E-state index contributed by atoms with van der Waals surface area (Å²) in [7, 11) is 0. The number of hydrogen-bond donors (Lipinski definition) is 2. The minimum absolute atomic E-state index is 0.0858. The Balaban J connectivity index is 1.17. The van der Waals surface area contributed by atoms with E-state index in [-0.39, 0.29) is 24.0 Å². The molecule has 0 saturated carbocycles. The number of nitrogens with zero attached hydrogens (tertiary/aromatic N) is 1. The molecule has 10 heteroatoms. The van der Waals surface area contributed by atoms with Gasteiger partial charge in [0.05, 0.1) is 44.2 Å². The van der Waals surface area contributed by atoms with Crippen molar-refractivity contribution in [3.8, 4) is 0 Å². The van der Waals surface area contributed by atoms with Crippen LogP contribution in [-0.4, -0.2) is 80.8 Å². The van der Waals surface area contributed by atoms with Gasteiger partial charge in [-0.1, -0.05) is 77.2 Å². The van der Waals surface area contributed by atoms with Gasteiger partial charge in [0.1, 0.15) is 6.04 Å². The molecule has 1 saturated heterocycles. The summed E-state index contributed by atoms with van der Waals surface area (Å²) in [6, 6.07) is 4.00. The number of rotatable bonds is 23. The molecule has 42 heavy (non-hydrogen) atoms. The van der Waals surface area contributed by atoms with Crippen LogP contribution in [0.5, 0.6) is 0 Å². The molecule has 2 aliphatic rings. The van der Waals surface area contributed by atoms with E-state index in [2.05, 4.69) is 17.6 Å². The van der Waals surface area contributed by atoms with Crippen LogP contribution >= 0.6 is 0 Å². The molecule has 4 amide bonds. The highest BCUT2D eigenvalue weighted by molar-refractivity contribution is 6.25. The molecule has 3 rings (SSSR count). The van der Waals surface area contributed by atoms with Gasteiger partial charge in [0, 0.05) is 25.3 Å². The molecule has 2 heterocycles. The maximum Gasteiger partial charge on any atom is 0.264 e. The number of ether oxygens (including phenoxy) is 3. The number of piperidine rings is 1. The first-order chi connectivity index (χ1) is 20.5.